The molecular formula is C16H16F2N2O. The Hall–Kier alpha value is -2.43. The lowest BCUT2D eigenvalue weighted by Crippen LogP contribution is -2.31. The fraction of sp³-hybridized carbons (Fsp3) is 0.188. The van der Waals surface area contributed by atoms with Crippen molar-refractivity contribution in [3.63, 3.8) is 0 Å². The van der Waals surface area contributed by atoms with Crippen LogP contribution in [0.2, 0.25) is 0 Å². The maximum atomic E-state index is 13.8. The second-order valence-corrected chi connectivity index (χ2v) is 4.69. The Morgan fingerprint density at radius 3 is 2.62 bits per heavy atom. The number of amides is 1. The maximum absolute atomic E-state index is 13.8. The zero-order valence-corrected chi connectivity index (χ0v) is 11.6. The van der Waals surface area contributed by atoms with Gasteiger partial charge in [0.25, 0.3) is 5.91 Å². The number of carbonyl (C=O) groups excluding carboxylic acids is 1. The summed E-state index contributed by atoms with van der Waals surface area (Å²) in [5.74, 6) is -1.45. The Morgan fingerprint density at radius 1 is 1.19 bits per heavy atom. The lowest BCUT2D eigenvalue weighted by atomic mass is 10.1. The van der Waals surface area contributed by atoms with Crippen LogP contribution in [0.15, 0.2) is 42.5 Å². The summed E-state index contributed by atoms with van der Waals surface area (Å²) in [7, 11) is 0. The van der Waals surface area contributed by atoms with Crippen LogP contribution in [-0.2, 0) is 6.54 Å². The van der Waals surface area contributed by atoms with Crippen molar-refractivity contribution in [2.45, 2.75) is 13.5 Å². The highest BCUT2D eigenvalue weighted by molar-refractivity contribution is 5.95. The van der Waals surface area contributed by atoms with Gasteiger partial charge in [0.15, 0.2) is 0 Å². The van der Waals surface area contributed by atoms with E-state index in [9.17, 15) is 13.6 Å². The van der Waals surface area contributed by atoms with Crippen molar-refractivity contribution >= 4 is 11.6 Å². The molecule has 2 rings (SSSR count). The van der Waals surface area contributed by atoms with Crippen LogP contribution < -0.4 is 5.73 Å². The number of nitrogen functional groups attached to an aromatic ring is 1. The first-order valence-electron chi connectivity index (χ1n) is 6.60. The number of hydrogen-bond acceptors (Lipinski definition) is 2. The first-order chi connectivity index (χ1) is 10.0. The van der Waals surface area contributed by atoms with Crippen molar-refractivity contribution in [2.75, 3.05) is 12.3 Å². The fourth-order valence-corrected chi connectivity index (χ4v) is 2.06. The minimum absolute atomic E-state index is 0.0757. The van der Waals surface area contributed by atoms with E-state index >= 15 is 0 Å². The van der Waals surface area contributed by atoms with E-state index in [1.165, 1.54) is 35.2 Å². The van der Waals surface area contributed by atoms with E-state index in [2.05, 4.69) is 0 Å². The highest BCUT2D eigenvalue weighted by atomic mass is 19.1. The van der Waals surface area contributed by atoms with E-state index in [1.54, 1.807) is 19.1 Å². The summed E-state index contributed by atoms with van der Waals surface area (Å²) in [6.07, 6.45) is 0. The van der Waals surface area contributed by atoms with Crippen LogP contribution in [0.5, 0.6) is 0 Å². The summed E-state index contributed by atoms with van der Waals surface area (Å²) in [5.41, 5.74) is 6.49. The van der Waals surface area contributed by atoms with Crippen LogP contribution in [-0.4, -0.2) is 17.4 Å². The molecule has 2 aromatic rings. The molecule has 0 fully saturated rings. The number of halogens is 2. The fourth-order valence-electron chi connectivity index (χ4n) is 2.06. The summed E-state index contributed by atoms with van der Waals surface area (Å²) in [6, 6.07) is 9.85. The lowest BCUT2D eigenvalue weighted by Gasteiger charge is -2.21. The second kappa shape index (κ2) is 6.35. The molecule has 0 bridgehead atoms. The minimum atomic E-state index is -0.619. The third-order valence-electron chi connectivity index (χ3n) is 3.15. The van der Waals surface area contributed by atoms with Crippen molar-refractivity contribution in [3.8, 4) is 0 Å². The zero-order chi connectivity index (χ0) is 15.4. The van der Waals surface area contributed by atoms with E-state index in [4.69, 9.17) is 5.73 Å². The molecule has 2 aromatic carbocycles. The molecule has 110 valence electrons. The number of nitrogens with zero attached hydrogens (tertiary/aromatic N) is 1. The van der Waals surface area contributed by atoms with Gasteiger partial charge in [0.2, 0.25) is 0 Å². The van der Waals surface area contributed by atoms with Crippen LogP contribution in [0.1, 0.15) is 22.8 Å². The molecule has 0 aliphatic heterocycles. The van der Waals surface area contributed by atoms with Gasteiger partial charge in [0.1, 0.15) is 11.6 Å². The average molecular weight is 290 g/mol. The molecule has 0 unspecified atom stereocenters. The smallest absolute Gasteiger partial charge is 0.257 e. The molecule has 0 atom stereocenters. The van der Waals surface area contributed by atoms with E-state index in [-0.39, 0.29) is 17.9 Å². The molecule has 0 aromatic heterocycles. The molecule has 0 saturated carbocycles. The maximum Gasteiger partial charge on any atom is 0.257 e. The van der Waals surface area contributed by atoms with Gasteiger partial charge in [0.05, 0.1) is 5.56 Å². The van der Waals surface area contributed by atoms with Crippen molar-refractivity contribution in [1.29, 1.82) is 0 Å². The third kappa shape index (κ3) is 3.56. The highest BCUT2D eigenvalue weighted by Crippen LogP contribution is 2.16. The lowest BCUT2D eigenvalue weighted by molar-refractivity contribution is 0.0747. The molecule has 0 aliphatic rings. The van der Waals surface area contributed by atoms with Crippen LogP contribution in [0.4, 0.5) is 14.5 Å². The van der Waals surface area contributed by atoms with E-state index in [1.807, 2.05) is 0 Å². The third-order valence-corrected chi connectivity index (χ3v) is 3.15. The summed E-state index contributed by atoms with van der Waals surface area (Å²) in [6.45, 7) is 2.37. The van der Waals surface area contributed by atoms with Crippen LogP contribution in [0, 0.1) is 11.6 Å². The normalized spacial score (nSPS) is 10.4. The standard InChI is InChI=1S/C16H16F2N2O/c1-2-20(10-11-4-3-5-12(17)8-11)16(21)14-9-13(19)6-7-15(14)18/h3-9H,2,10,19H2,1H3. The number of benzene rings is 2. The molecule has 0 aliphatic carbocycles. The largest absolute Gasteiger partial charge is 0.399 e. The molecule has 5 heteroatoms. The second-order valence-electron chi connectivity index (χ2n) is 4.69. The van der Waals surface area contributed by atoms with Gasteiger partial charge >= 0.3 is 0 Å². The zero-order valence-electron chi connectivity index (χ0n) is 11.6. The Kier molecular flexibility index (Phi) is 4.52. The minimum Gasteiger partial charge on any atom is -0.399 e. The Bertz CT molecular complexity index is 658. The summed E-state index contributed by atoms with van der Waals surface area (Å²) in [4.78, 5) is 13.8. The van der Waals surface area contributed by atoms with Crippen molar-refractivity contribution in [3.05, 3.63) is 65.2 Å². The number of hydrogen-bond donors (Lipinski definition) is 1. The number of nitrogens with two attached hydrogens (primary N) is 1. The predicted molar refractivity (Wildman–Crippen MR) is 77.6 cm³/mol. The average Bonchev–Trinajstić information content (AvgIpc) is 2.46. The summed E-state index contributed by atoms with van der Waals surface area (Å²) in [5, 5.41) is 0. The Balaban J connectivity index is 2.24. The van der Waals surface area contributed by atoms with E-state index in [0.717, 1.165) is 0 Å². The van der Waals surface area contributed by atoms with Crippen molar-refractivity contribution < 1.29 is 13.6 Å². The van der Waals surface area contributed by atoms with Gasteiger partial charge in [-0.05, 0) is 42.8 Å². The Labute approximate surface area is 122 Å². The molecule has 0 saturated heterocycles. The van der Waals surface area contributed by atoms with Gasteiger partial charge in [-0.25, -0.2) is 8.78 Å². The molecule has 3 nitrogen and oxygen atoms in total. The number of rotatable bonds is 4. The molecule has 1 amide bonds. The predicted octanol–water partition coefficient (Wildman–Crippen LogP) is 3.21. The molecule has 21 heavy (non-hydrogen) atoms. The van der Waals surface area contributed by atoms with Crippen molar-refractivity contribution in [2.24, 2.45) is 0 Å². The summed E-state index contributed by atoms with van der Waals surface area (Å²) < 4.78 is 26.9. The number of carbonyl (C=O) groups is 1. The van der Waals surface area contributed by atoms with Crippen LogP contribution >= 0.6 is 0 Å². The van der Waals surface area contributed by atoms with Crippen LogP contribution in [0.25, 0.3) is 0 Å². The molecular weight excluding hydrogens is 274 g/mol. The van der Waals surface area contributed by atoms with Gasteiger partial charge in [-0.1, -0.05) is 12.1 Å². The first-order valence-corrected chi connectivity index (χ1v) is 6.60. The van der Waals surface area contributed by atoms with Gasteiger partial charge in [-0.15, -0.1) is 0 Å². The van der Waals surface area contributed by atoms with Gasteiger partial charge in [-0.3, -0.25) is 4.79 Å². The molecule has 0 radical (unpaired) electrons. The molecule has 0 heterocycles. The summed E-state index contributed by atoms with van der Waals surface area (Å²) >= 11 is 0. The van der Waals surface area contributed by atoms with Crippen LogP contribution in [0.3, 0.4) is 0 Å². The first kappa shape index (κ1) is 15.0. The monoisotopic (exact) mass is 290 g/mol. The van der Waals surface area contributed by atoms with Gasteiger partial charge < -0.3 is 10.6 Å². The Morgan fingerprint density at radius 2 is 1.95 bits per heavy atom. The topological polar surface area (TPSA) is 46.3 Å². The highest BCUT2D eigenvalue weighted by Gasteiger charge is 2.18. The quantitative estimate of drug-likeness (QED) is 0.879. The SMILES string of the molecule is CCN(Cc1cccc(F)c1)C(=O)c1cc(N)ccc1F. The van der Waals surface area contributed by atoms with Gasteiger partial charge in [-0.2, -0.15) is 0 Å². The van der Waals surface area contributed by atoms with E-state index < -0.39 is 11.7 Å². The number of anilines is 1. The molecule has 2 N–H and O–H groups in total. The molecule has 0 spiro atoms. The van der Waals surface area contributed by atoms with Gasteiger partial charge in [0, 0.05) is 18.8 Å². The van der Waals surface area contributed by atoms with Crippen molar-refractivity contribution in [1.82, 2.24) is 4.90 Å². The van der Waals surface area contributed by atoms with E-state index in [0.29, 0.717) is 17.8 Å².